The maximum atomic E-state index is 11.5. The lowest BCUT2D eigenvalue weighted by molar-refractivity contribution is -0.385. The summed E-state index contributed by atoms with van der Waals surface area (Å²) in [4.78, 5) is 41.8. The fourth-order valence-corrected chi connectivity index (χ4v) is 2.02. The van der Waals surface area contributed by atoms with Gasteiger partial charge in [-0.2, -0.15) is 0 Å². The van der Waals surface area contributed by atoms with Crippen LogP contribution >= 0.6 is 34.8 Å². The first kappa shape index (κ1) is 27.2. The van der Waals surface area contributed by atoms with Crippen LogP contribution in [-0.4, -0.2) is 25.2 Å². The van der Waals surface area contributed by atoms with Crippen molar-refractivity contribution in [2.24, 2.45) is 0 Å². The number of nitro benzene ring substituents is 2. The second kappa shape index (κ2) is 12.0. The lowest BCUT2D eigenvalue weighted by Crippen LogP contribution is -2.00. The fraction of sp³-hybridized carbons (Fsp3) is 0.158. The molecule has 0 aliphatic carbocycles. The largest absolute Gasteiger partial charge is 0.295 e. The molecule has 0 aliphatic heterocycles. The Hall–Kier alpha value is -2.81. The van der Waals surface area contributed by atoms with Crippen molar-refractivity contribution in [3.63, 3.8) is 0 Å². The van der Waals surface area contributed by atoms with Gasteiger partial charge in [-0.15, -0.1) is 0 Å². The lowest BCUT2D eigenvalue weighted by Gasteiger charge is -2.01. The summed E-state index contributed by atoms with van der Waals surface area (Å²) in [5.74, 6) is -0.490. The third kappa shape index (κ3) is 9.60. The number of carbonyl (C=O) groups excluding carboxylic acids is 2. The Kier molecular flexibility index (Phi) is 10.9. The van der Waals surface area contributed by atoms with Crippen LogP contribution < -0.4 is 0 Å². The van der Waals surface area contributed by atoms with Gasteiger partial charge in [-0.3, -0.25) is 29.8 Å². The highest BCUT2D eigenvalue weighted by Crippen LogP contribution is 2.27. The molecular formula is C19H17Cl3N2O6. The van der Waals surface area contributed by atoms with Gasteiger partial charge in [0.1, 0.15) is 0 Å². The van der Waals surface area contributed by atoms with Crippen LogP contribution in [0.5, 0.6) is 0 Å². The van der Waals surface area contributed by atoms with Gasteiger partial charge in [0.2, 0.25) is 3.79 Å². The number of Topliss-reactive ketones (excluding diaryl/α,β-unsaturated/α-hetero) is 1. The fourth-order valence-electron chi connectivity index (χ4n) is 1.83. The van der Waals surface area contributed by atoms with Crippen molar-refractivity contribution in [2.75, 3.05) is 0 Å². The van der Waals surface area contributed by atoms with Gasteiger partial charge < -0.3 is 0 Å². The average Bonchev–Trinajstić information content (AvgIpc) is 2.66. The Morgan fingerprint density at radius 1 is 0.833 bits per heavy atom. The molecule has 2 rings (SSSR count). The molecule has 0 spiro atoms. The van der Waals surface area contributed by atoms with Crippen LogP contribution in [0.3, 0.4) is 0 Å². The first-order valence-electron chi connectivity index (χ1n) is 7.71. The zero-order valence-corrected chi connectivity index (χ0v) is 17.0. The summed E-state index contributed by atoms with van der Waals surface area (Å²) in [5, 5.41) is 20.6. The number of nitrogens with zero attached hydrogens (tertiary/aromatic N) is 2. The van der Waals surface area contributed by atoms with Crippen molar-refractivity contribution < 1.29 is 19.4 Å². The number of non-ortho nitro benzene ring substituents is 2. The predicted molar refractivity (Wildman–Crippen MR) is 117 cm³/mol. The molecule has 8 nitrogen and oxygen atoms in total. The van der Waals surface area contributed by atoms with Gasteiger partial charge in [-0.05, 0) is 43.3 Å². The molecule has 0 amide bonds. The van der Waals surface area contributed by atoms with Crippen LogP contribution in [0.1, 0.15) is 35.1 Å². The van der Waals surface area contributed by atoms with Crippen molar-refractivity contribution in [3.8, 4) is 0 Å². The smallest absolute Gasteiger partial charge is 0.269 e. The lowest BCUT2D eigenvalue weighted by atomic mass is 10.1. The third-order valence-electron chi connectivity index (χ3n) is 3.27. The van der Waals surface area contributed by atoms with Crippen molar-refractivity contribution in [2.45, 2.75) is 18.1 Å². The number of nitro groups is 2. The van der Waals surface area contributed by atoms with Gasteiger partial charge in [-0.25, -0.2) is 0 Å². The third-order valence-corrected chi connectivity index (χ3v) is 3.65. The van der Waals surface area contributed by atoms with Gasteiger partial charge in [0.25, 0.3) is 11.4 Å². The van der Waals surface area contributed by atoms with E-state index in [4.69, 9.17) is 34.8 Å². The monoisotopic (exact) mass is 474 g/mol. The number of allylic oxidation sites excluding steroid dienone is 2. The van der Waals surface area contributed by atoms with Crippen LogP contribution in [0.25, 0.3) is 0 Å². The number of ketones is 2. The molecule has 0 aliphatic rings. The van der Waals surface area contributed by atoms with Crippen molar-refractivity contribution in [1.82, 2.24) is 0 Å². The highest BCUT2D eigenvalue weighted by molar-refractivity contribution is 6.69. The van der Waals surface area contributed by atoms with Crippen molar-refractivity contribution in [3.05, 3.63) is 92.0 Å². The SMILES string of the molecule is C.CC(=O)c1ccc([N+](=O)[O-])cc1.O=C(/C=C/C(Cl)(Cl)Cl)c1ccc([N+](=O)[O-])cc1. The molecule has 2 aromatic rings. The molecule has 0 radical (unpaired) electrons. The van der Waals surface area contributed by atoms with E-state index in [0.29, 0.717) is 5.56 Å². The quantitative estimate of drug-likeness (QED) is 0.168. The normalized spacial score (nSPS) is 10.4. The van der Waals surface area contributed by atoms with Crippen LogP contribution in [-0.2, 0) is 0 Å². The number of hydrogen-bond donors (Lipinski definition) is 0. The molecule has 0 fully saturated rings. The Bertz CT molecular complexity index is 903. The molecule has 0 N–H and O–H groups in total. The Morgan fingerprint density at radius 2 is 1.20 bits per heavy atom. The second-order valence-corrected chi connectivity index (χ2v) is 7.77. The summed E-state index contributed by atoms with van der Waals surface area (Å²) in [6.45, 7) is 1.42. The van der Waals surface area contributed by atoms with E-state index < -0.39 is 19.4 Å². The Labute approximate surface area is 187 Å². The molecule has 160 valence electrons. The number of carbonyl (C=O) groups is 2. The van der Waals surface area contributed by atoms with E-state index in [1.807, 2.05) is 0 Å². The standard InChI is InChI=1S/C10H6Cl3NO3.C8H7NO3.CH4/c11-10(12,13)6-5-9(15)7-1-3-8(4-2-7)14(16)17;1-6(10)7-2-4-8(5-3-7)9(11)12;/h1-6H;2-5H,1H3;1H4/b6-5+;;. The molecule has 0 aromatic heterocycles. The average molecular weight is 476 g/mol. The van der Waals surface area contributed by atoms with Crippen molar-refractivity contribution >= 4 is 57.7 Å². The minimum absolute atomic E-state index is 0. The predicted octanol–water partition coefficient (Wildman–Crippen LogP) is 6.14. The highest BCUT2D eigenvalue weighted by atomic mass is 35.6. The zero-order valence-electron chi connectivity index (χ0n) is 14.8. The molecule has 0 unspecified atom stereocenters. The molecule has 0 saturated heterocycles. The first-order chi connectivity index (χ1) is 13.4. The maximum Gasteiger partial charge on any atom is 0.269 e. The minimum Gasteiger partial charge on any atom is -0.295 e. The van der Waals surface area contributed by atoms with E-state index in [9.17, 15) is 29.8 Å². The number of rotatable bonds is 5. The van der Waals surface area contributed by atoms with Gasteiger partial charge in [0, 0.05) is 35.4 Å². The Balaban J connectivity index is 0.000000573. The molecule has 0 bridgehead atoms. The van der Waals surface area contributed by atoms with Crippen LogP contribution in [0, 0.1) is 20.2 Å². The molecule has 0 heterocycles. The number of halogens is 3. The summed E-state index contributed by atoms with van der Waals surface area (Å²) < 4.78 is -1.64. The van der Waals surface area contributed by atoms with Crippen molar-refractivity contribution in [1.29, 1.82) is 0 Å². The second-order valence-electron chi connectivity index (χ2n) is 5.40. The molecular weight excluding hydrogens is 459 g/mol. The molecule has 11 heteroatoms. The molecule has 0 saturated carbocycles. The van der Waals surface area contributed by atoms with Gasteiger partial charge in [0.05, 0.1) is 9.85 Å². The summed E-state index contributed by atoms with van der Waals surface area (Å²) >= 11 is 16.3. The van der Waals surface area contributed by atoms with Gasteiger partial charge in [0.15, 0.2) is 11.6 Å². The summed E-state index contributed by atoms with van der Waals surface area (Å²) in [6, 6.07) is 10.7. The zero-order chi connectivity index (χ0) is 22.2. The summed E-state index contributed by atoms with van der Waals surface area (Å²) in [6.07, 6.45) is 2.22. The van der Waals surface area contributed by atoms with Crippen LogP contribution in [0.15, 0.2) is 60.7 Å². The first-order valence-corrected chi connectivity index (χ1v) is 8.84. The molecule has 0 atom stereocenters. The number of hydrogen-bond acceptors (Lipinski definition) is 6. The van der Waals surface area contributed by atoms with Crippen LogP contribution in [0.2, 0.25) is 0 Å². The summed E-state index contributed by atoms with van der Waals surface area (Å²) in [7, 11) is 0. The van der Waals surface area contributed by atoms with E-state index in [1.54, 1.807) is 0 Å². The van der Waals surface area contributed by atoms with E-state index >= 15 is 0 Å². The van der Waals surface area contributed by atoms with E-state index in [1.165, 1.54) is 55.5 Å². The number of benzene rings is 2. The van der Waals surface area contributed by atoms with Crippen LogP contribution in [0.4, 0.5) is 11.4 Å². The maximum absolute atomic E-state index is 11.5. The van der Waals surface area contributed by atoms with E-state index in [-0.39, 0.29) is 30.1 Å². The van der Waals surface area contributed by atoms with Gasteiger partial charge in [-0.1, -0.05) is 42.2 Å². The Morgan fingerprint density at radius 3 is 1.50 bits per heavy atom. The van der Waals surface area contributed by atoms with E-state index in [2.05, 4.69) is 0 Å². The molecule has 2 aromatic carbocycles. The topological polar surface area (TPSA) is 120 Å². The molecule has 30 heavy (non-hydrogen) atoms. The van der Waals surface area contributed by atoms with Gasteiger partial charge >= 0.3 is 0 Å². The van der Waals surface area contributed by atoms with E-state index in [0.717, 1.165) is 12.2 Å². The number of alkyl halides is 3. The highest BCUT2D eigenvalue weighted by Gasteiger charge is 2.15. The minimum atomic E-state index is -1.64. The summed E-state index contributed by atoms with van der Waals surface area (Å²) in [5.41, 5.74) is 0.675.